The molecule has 9 nitrogen and oxygen atoms in total. The average molecular weight is 513 g/mol. The number of amides is 1. The molecule has 1 saturated heterocycles. The number of hydrogen-bond acceptors (Lipinski definition) is 6. The Morgan fingerprint density at radius 2 is 1.79 bits per heavy atom. The van der Waals surface area contributed by atoms with Gasteiger partial charge in [0, 0.05) is 31.2 Å². The van der Waals surface area contributed by atoms with Crippen LogP contribution in [0, 0.1) is 5.92 Å². The first-order valence-electron chi connectivity index (χ1n) is 13.3. The average Bonchev–Trinajstić information content (AvgIpc) is 3.70. The fraction of sp³-hybridized carbons (Fsp3) is 0.379. The Balaban J connectivity index is 1.12. The molecule has 6 rings (SSSR count). The molecule has 0 unspecified atom stereocenters. The third kappa shape index (κ3) is 5.06. The number of carbonyl (C=O) groups is 1. The third-order valence-corrected chi connectivity index (χ3v) is 7.65. The number of fused-ring (bicyclic) bond motifs is 1. The molecule has 1 aliphatic carbocycles. The van der Waals surface area contributed by atoms with Crippen LogP contribution in [0.25, 0.3) is 16.7 Å². The summed E-state index contributed by atoms with van der Waals surface area (Å²) in [5, 5.41) is 19.4. The number of carbonyl (C=O) groups excluding carboxylic acids is 1. The molecule has 4 aromatic rings. The van der Waals surface area contributed by atoms with E-state index in [2.05, 4.69) is 27.5 Å². The lowest BCUT2D eigenvalue weighted by atomic mass is 9.91. The predicted octanol–water partition coefficient (Wildman–Crippen LogP) is 3.00. The van der Waals surface area contributed by atoms with Crippen molar-refractivity contribution in [3.05, 3.63) is 83.0 Å². The molecule has 1 amide bonds. The minimum absolute atomic E-state index is 0.148. The van der Waals surface area contributed by atoms with Gasteiger partial charge in [-0.1, -0.05) is 30.3 Å². The number of hydrogen-bond donors (Lipinski definition) is 2. The van der Waals surface area contributed by atoms with Crippen molar-refractivity contribution in [2.24, 2.45) is 5.92 Å². The second-order valence-electron chi connectivity index (χ2n) is 10.5. The summed E-state index contributed by atoms with van der Waals surface area (Å²) in [7, 11) is 0. The summed E-state index contributed by atoms with van der Waals surface area (Å²) in [5.41, 5.74) is 2.31. The van der Waals surface area contributed by atoms with Crippen molar-refractivity contribution in [3.63, 3.8) is 0 Å². The highest BCUT2D eigenvalue weighted by Crippen LogP contribution is 2.33. The topological polar surface area (TPSA) is 105 Å². The standard InChI is InChI=1S/C29H32N6O3/c36-27(22-6-7-22)33-16-13-29(38,14-17-33)19-34-20-31-26-25(28(34)37)18-32-35(26)24-10-8-23(9-11-24)30-15-12-21-4-2-1-3-5-21/h1-5,8-11,18,20,22,30,38H,6-7,12-17,19H2. The zero-order chi connectivity index (χ0) is 26.1. The molecule has 38 heavy (non-hydrogen) atoms. The van der Waals surface area contributed by atoms with Gasteiger partial charge in [0.15, 0.2) is 5.65 Å². The Morgan fingerprint density at radius 1 is 1.05 bits per heavy atom. The van der Waals surface area contributed by atoms with Crippen LogP contribution in [-0.4, -0.2) is 60.5 Å². The Kier molecular flexibility index (Phi) is 6.45. The molecule has 1 saturated carbocycles. The Labute approximate surface area is 220 Å². The fourth-order valence-corrected chi connectivity index (χ4v) is 5.17. The van der Waals surface area contributed by atoms with Gasteiger partial charge in [-0.2, -0.15) is 5.10 Å². The lowest BCUT2D eigenvalue weighted by Gasteiger charge is -2.38. The number of nitrogens with zero attached hydrogens (tertiary/aromatic N) is 5. The Morgan fingerprint density at radius 3 is 2.50 bits per heavy atom. The first-order valence-corrected chi connectivity index (χ1v) is 13.3. The molecule has 2 N–H and O–H groups in total. The number of aliphatic hydroxyl groups is 1. The van der Waals surface area contributed by atoms with Gasteiger partial charge in [0.2, 0.25) is 5.91 Å². The van der Waals surface area contributed by atoms with Gasteiger partial charge in [-0.05, 0) is 61.9 Å². The van der Waals surface area contributed by atoms with Crippen LogP contribution < -0.4 is 10.9 Å². The van der Waals surface area contributed by atoms with E-state index >= 15 is 0 Å². The molecule has 0 atom stereocenters. The van der Waals surface area contributed by atoms with Crippen molar-refractivity contribution in [2.45, 2.75) is 44.2 Å². The smallest absolute Gasteiger partial charge is 0.264 e. The van der Waals surface area contributed by atoms with Crippen LogP contribution in [-0.2, 0) is 17.8 Å². The number of anilines is 1. The highest BCUT2D eigenvalue weighted by Gasteiger charge is 2.39. The normalized spacial score (nSPS) is 17.0. The fourth-order valence-electron chi connectivity index (χ4n) is 5.17. The molecular weight excluding hydrogens is 480 g/mol. The van der Waals surface area contributed by atoms with Crippen LogP contribution in [0.1, 0.15) is 31.2 Å². The summed E-state index contributed by atoms with van der Waals surface area (Å²) in [4.78, 5) is 31.9. The molecule has 1 aliphatic heterocycles. The number of rotatable bonds is 8. The van der Waals surface area contributed by atoms with E-state index in [0.717, 1.165) is 37.2 Å². The number of piperidine rings is 1. The van der Waals surface area contributed by atoms with Gasteiger partial charge in [-0.25, -0.2) is 9.67 Å². The minimum Gasteiger partial charge on any atom is -0.388 e. The summed E-state index contributed by atoms with van der Waals surface area (Å²) in [6, 6.07) is 18.2. The van der Waals surface area contributed by atoms with Crippen molar-refractivity contribution in [1.82, 2.24) is 24.2 Å². The third-order valence-electron chi connectivity index (χ3n) is 7.65. The molecule has 3 heterocycles. The van der Waals surface area contributed by atoms with Crippen LogP contribution in [0.5, 0.6) is 0 Å². The molecule has 2 aromatic carbocycles. The summed E-state index contributed by atoms with van der Waals surface area (Å²) in [6.45, 7) is 2.02. The van der Waals surface area contributed by atoms with E-state index in [-0.39, 0.29) is 23.9 Å². The first kappa shape index (κ1) is 24.4. The zero-order valence-corrected chi connectivity index (χ0v) is 21.3. The molecule has 196 valence electrons. The number of likely N-dealkylation sites (tertiary alicyclic amines) is 1. The summed E-state index contributed by atoms with van der Waals surface area (Å²) in [6.07, 6.45) is 6.81. The van der Waals surface area contributed by atoms with Crippen LogP contribution in [0.3, 0.4) is 0 Å². The number of nitrogens with one attached hydrogen (secondary N) is 1. The Bertz CT molecular complexity index is 1480. The maximum atomic E-state index is 13.2. The Hall–Kier alpha value is -3.98. The SMILES string of the molecule is O=C(C1CC1)N1CCC(O)(Cn2cnc3c(cnn3-c3ccc(NCCc4ccccc4)cc3)c2=O)CC1. The summed E-state index contributed by atoms with van der Waals surface area (Å²) >= 11 is 0. The molecule has 0 radical (unpaired) electrons. The van der Waals surface area contributed by atoms with E-state index in [1.807, 2.05) is 47.4 Å². The second kappa shape index (κ2) is 10.1. The van der Waals surface area contributed by atoms with Crippen LogP contribution in [0.15, 0.2) is 71.9 Å². The van der Waals surface area contributed by atoms with E-state index in [4.69, 9.17) is 0 Å². The maximum absolute atomic E-state index is 13.2. The van der Waals surface area contributed by atoms with Crippen LogP contribution in [0.2, 0.25) is 0 Å². The van der Waals surface area contributed by atoms with Crippen molar-refractivity contribution in [3.8, 4) is 5.69 Å². The van der Waals surface area contributed by atoms with E-state index in [9.17, 15) is 14.7 Å². The maximum Gasteiger partial charge on any atom is 0.264 e. The van der Waals surface area contributed by atoms with Crippen molar-refractivity contribution in [2.75, 3.05) is 25.0 Å². The lowest BCUT2D eigenvalue weighted by Crippen LogP contribution is -2.50. The lowest BCUT2D eigenvalue weighted by molar-refractivity contribution is -0.137. The predicted molar refractivity (Wildman–Crippen MR) is 145 cm³/mol. The van der Waals surface area contributed by atoms with Crippen molar-refractivity contribution in [1.29, 1.82) is 0 Å². The monoisotopic (exact) mass is 512 g/mol. The molecule has 0 bridgehead atoms. The van der Waals surface area contributed by atoms with Gasteiger partial charge >= 0.3 is 0 Å². The van der Waals surface area contributed by atoms with Gasteiger partial charge < -0.3 is 15.3 Å². The first-order chi connectivity index (χ1) is 18.5. The van der Waals surface area contributed by atoms with Gasteiger partial charge in [-0.15, -0.1) is 0 Å². The molecule has 2 fully saturated rings. The zero-order valence-electron chi connectivity index (χ0n) is 21.3. The van der Waals surface area contributed by atoms with E-state index in [0.29, 0.717) is 37.0 Å². The van der Waals surface area contributed by atoms with Crippen LogP contribution >= 0.6 is 0 Å². The van der Waals surface area contributed by atoms with Crippen molar-refractivity contribution >= 4 is 22.6 Å². The quantitative estimate of drug-likeness (QED) is 0.376. The van der Waals surface area contributed by atoms with Crippen molar-refractivity contribution < 1.29 is 9.90 Å². The van der Waals surface area contributed by atoms with E-state index in [1.165, 1.54) is 22.7 Å². The number of benzene rings is 2. The molecule has 0 spiro atoms. The summed E-state index contributed by atoms with van der Waals surface area (Å²) < 4.78 is 3.12. The van der Waals surface area contributed by atoms with Gasteiger partial charge in [0.1, 0.15) is 11.7 Å². The number of aromatic nitrogens is 4. The van der Waals surface area contributed by atoms with Crippen LogP contribution in [0.4, 0.5) is 5.69 Å². The molecule has 2 aromatic heterocycles. The van der Waals surface area contributed by atoms with E-state index in [1.54, 1.807) is 4.68 Å². The van der Waals surface area contributed by atoms with Gasteiger partial charge in [0.05, 0.1) is 24.0 Å². The van der Waals surface area contributed by atoms with Gasteiger partial charge in [0.25, 0.3) is 5.56 Å². The highest BCUT2D eigenvalue weighted by molar-refractivity contribution is 5.81. The molecule has 9 heteroatoms. The molecule has 2 aliphatic rings. The van der Waals surface area contributed by atoms with E-state index < -0.39 is 5.60 Å². The minimum atomic E-state index is -1.04. The molecular formula is C29H32N6O3. The largest absolute Gasteiger partial charge is 0.388 e. The second-order valence-corrected chi connectivity index (χ2v) is 10.5. The van der Waals surface area contributed by atoms with Gasteiger partial charge in [-0.3, -0.25) is 14.2 Å². The summed E-state index contributed by atoms with van der Waals surface area (Å²) in [5.74, 6) is 0.384. The highest BCUT2D eigenvalue weighted by atomic mass is 16.3.